The number of hydrogen-bond donors (Lipinski definition) is 8. The highest BCUT2D eigenvalue weighted by molar-refractivity contribution is 6.02. The highest BCUT2D eigenvalue weighted by atomic mass is 16.8. The molecule has 0 aromatic heterocycles. The number of carbonyl (C=O) groups excluding carboxylic acids is 1. The highest BCUT2D eigenvalue weighted by Crippen LogP contribution is 2.44. The van der Waals surface area contributed by atoms with Crippen molar-refractivity contribution in [1.29, 1.82) is 0 Å². The summed E-state index contributed by atoms with van der Waals surface area (Å²) in [6.07, 6.45) is -12.2. The average Bonchev–Trinajstić information content (AvgIpc) is 3.25. The molecule has 0 bridgehead atoms. The number of fused-ring (bicyclic) bond motifs is 1. The third-order valence-corrected chi connectivity index (χ3v) is 7.50. The van der Waals surface area contributed by atoms with Gasteiger partial charge in [0.1, 0.15) is 58.9 Å². The van der Waals surface area contributed by atoms with Crippen LogP contribution in [0.2, 0.25) is 0 Å². The lowest BCUT2D eigenvalue weighted by Crippen LogP contribution is -2.62. The van der Waals surface area contributed by atoms with Gasteiger partial charge in [0.05, 0.1) is 33.4 Å². The van der Waals surface area contributed by atoms with Crippen LogP contribution in [0.15, 0.2) is 30.3 Å². The van der Waals surface area contributed by atoms with E-state index in [1.165, 1.54) is 25.3 Å². The van der Waals surface area contributed by atoms with E-state index in [-0.39, 0.29) is 35.0 Å². The molecular weight excluding hydrogens is 564 g/mol. The molecule has 0 radical (unpaired) electrons. The zero-order chi connectivity index (χ0) is 30.3. The van der Waals surface area contributed by atoms with Gasteiger partial charge in [0, 0.05) is 12.1 Å². The first-order valence-electron chi connectivity index (χ1n) is 13.0. The molecule has 3 aliphatic heterocycles. The minimum absolute atomic E-state index is 0.0478. The second-order valence-corrected chi connectivity index (χ2v) is 10.3. The molecule has 3 aliphatic rings. The van der Waals surface area contributed by atoms with E-state index < -0.39 is 86.2 Å². The molecule has 9 atom stereocenters. The standard InChI is InChI=1S/C27H32O15/c1-37-17-4-11(2-3-13(17)30)16-7-15(32)20-14(31)5-12(6-18(20)40-16)39-25-23(22(34)21(33)19(8-28)41-25)42-26-24(35)27(36,9-29)10-38-26/h2-6,16,19,21-26,28-31,33-36H,7-10H2,1H3/t16-,19+,21+,22-,23+,24-,25+,26-,27+/m0/s1. The van der Waals surface area contributed by atoms with Crippen molar-refractivity contribution >= 4 is 5.78 Å². The Morgan fingerprint density at radius 1 is 1.02 bits per heavy atom. The van der Waals surface area contributed by atoms with Crippen LogP contribution in [0.4, 0.5) is 0 Å². The minimum Gasteiger partial charge on any atom is -0.507 e. The van der Waals surface area contributed by atoms with Gasteiger partial charge in [0.2, 0.25) is 6.29 Å². The molecule has 0 saturated carbocycles. The molecule has 0 spiro atoms. The molecule has 0 unspecified atom stereocenters. The Labute approximate surface area is 238 Å². The molecular formula is C27H32O15. The number of aliphatic hydroxyl groups excluding tert-OH is 5. The maximum absolute atomic E-state index is 13.0. The quantitative estimate of drug-likeness (QED) is 0.172. The van der Waals surface area contributed by atoms with Crippen LogP contribution in [0.3, 0.4) is 0 Å². The van der Waals surface area contributed by atoms with Crippen LogP contribution >= 0.6 is 0 Å². The Balaban J connectivity index is 1.41. The van der Waals surface area contributed by atoms with Gasteiger partial charge < -0.3 is 69.3 Å². The van der Waals surface area contributed by atoms with E-state index >= 15 is 0 Å². The summed E-state index contributed by atoms with van der Waals surface area (Å²) in [5, 5.41) is 81.5. The zero-order valence-electron chi connectivity index (χ0n) is 22.3. The lowest BCUT2D eigenvalue weighted by molar-refractivity contribution is -0.318. The van der Waals surface area contributed by atoms with Crippen molar-refractivity contribution in [3.8, 4) is 28.7 Å². The number of aromatic hydroxyl groups is 2. The van der Waals surface area contributed by atoms with Gasteiger partial charge in [-0.1, -0.05) is 6.07 Å². The fourth-order valence-corrected chi connectivity index (χ4v) is 5.06. The van der Waals surface area contributed by atoms with Gasteiger partial charge in [-0.3, -0.25) is 4.79 Å². The summed E-state index contributed by atoms with van der Waals surface area (Å²) in [4.78, 5) is 13.0. The van der Waals surface area contributed by atoms with Crippen LogP contribution in [-0.4, -0.2) is 122 Å². The van der Waals surface area contributed by atoms with Gasteiger partial charge in [-0.25, -0.2) is 0 Å². The van der Waals surface area contributed by atoms with Gasteiger partial charge >= 0.3 is 0 Å². The summed E-state index contributed by atoms with van der Waals surface area (Å²) in [5.41, 5.74) is -1.63. The second kappa shape index (κ2) is 11.8. The van der Waals surface area contributed by atoms with Crippen molar-refractivity contribution in [2.75, 3.05) is 26.9 Å². The molecule has 3 heterocycles. The van der Waals surface area contributed by atoms with E-state index in [9.17, 15) is 45.6 Å². The molecule has 15 heteroatoms. The SMILES string of the molecule is COc1cc([C@@H]2CC(=O)c3c(O)cc(O[C@@H]4O[C@H](CO)[C@@H](O)[C@H](O)[C@H]4O[C@@H]4OC[C@](O)(CO)[C@H]4O)cc3O2)ccc1O. The molecule has 15 nitrogen and oxygen atoms in total. The van der Waals surface area contributed by atoms with E-state index in [1.807, 2.05) is 0 Å². The van der Waals surface area contributed by atoms with Crippen LogP contribution in [0.5, 0.6) is 28.7 Å². The van der Waals surface area contributed by atoms with Crippen molar-refractivity contribution in [3.05, 3.63) is 41.5 Å². The summed E-state index contributed by atoms with van der Waals surface area (Å²) in [5.74, 6) is -1.02. The van der Waals surface area contributed by atoms with Crippen LogP contribution in [0.25, 0.3) is 0 Å². The third-order valence-electron chi connectivity index (χ3n) is 7.50. The normalized spacial score (nSPS) is 34.5. The molecule has 8 N–H and O–H groups in total. The van der Waals surface area contributed by atoms with Crippen molar-refractivity contribution in [2.24, 2.45) is 0 Å². The van der Waals surface area contributed by atoms with Crippen molar-refractivity contribution in [3.63, 3.8) is 0 Å². The van der Waals surface area contributed by atoms with Crippen LogP contribution < -0.4 is 14.2 Å². The molecule has 2 aromatic rings. The maximum atomic E-state index is 13.0. The summed E-state index contributed by atoms with van der Waals surface area (Å²) < 4.78 is 33.4. The van der Waals surface area contributed by atoms with Crippen LogP contribution in [-0.2, 0) is 14.2 Å². The van der Waals surface area contributed by atoms with E-state index in [2.05, 4.69) is 0 Å². The van der Waals surface area contributed by atoms with E-state index in [0.29, 0.717) is 5.56 Å². The Bertz CT molecular complexity index is 1300. The van der Waals surface area contributed by atoms with Gasteiger partial charge in [0.15, 0.2) is 29.7 Å². The largest absolute Gasteiger partial charge is 0.507 e. The summed E-state index contributed by atoms with van der Waals surface area (Å²) in [7, 11) is 1.37. The predicted molar refractivity (Wildman–Crippen MR) is 136 cm³/mol. The smallest absolute Gasteiger partial charge is 0.229 e. The number of aliphatic hydroxyl groups is 6. The molecule has 230 valence electrons. The Morgan fingerprint density at radius 3 is 2.45 bits per heavy atom. The number of ether oxygens (including phenoxy) is 6. The first kappa shape index (κ1) is 30.2. The van der Waals surface area contributed by atoms with Crippen molar-refractivity contribution < 1.29 is 74.1 Å². The van der Waals surface area contributed by atoms with Gasteiger partial charge in [-0.15, -0.1) is 0 Å². The fraction of sp³-hybridized carbons (Fsp3) is 0.519. The lowest BCUT2D eigenvalue weighted by Gasteiger charge is -2.42. The lowest BCUT2D eigenvalue weighted by atomic mass is 9.95. The zero-order valence-corrected chi connectivity index (χ0v) is 22.3. The van der Waals surface area contributed by atoms with E-state index in [1.54, 1.807) is 6.07 Å². The first-order chi connectivity index (χ1) is 20.0. The summed E-state index contributed by atoms with van der Waals surface area (Å²) >= 11 is 0. The number of hydrogen-bond acceptors (Lipinski definition) is 15. The number of Topliss-reactive ketones (excluding diaryl/α,β-unsaturated/α-hetero) is 1. The minimum atomic E-state index is -2.04. The maximum Gasteiger partial charge on any atom is 0.229 e. The molecule has 2 saturated heterocycles. The summed E-state index contributed by atoms with van der Waals surface area (Å²) in [6, 6.07) is 6.83. The third kappa shape index (κ3) is 5.46. The van der Waals surface area contributed by atoms with Crippen molar-refractivity contribution in [2.45, 2.75) is 61.2 Å². The number of methoxy groups -OCH3 is 1. The first-order valence-corrected chi connectivity index (χ1v) is 13.0. The number of carbonyl (C=O) groups is 1. The van der Waals surface area contributed by atoms with Gasteiger partial charge in [-0.2, -0.15) is 0 Å². The number of benzene rings is 2. The Hall–Kier alpha value is -3.25. The molecule has 0 amide bonds. The second-order valence-electron chi connectivity index (χ2n) is 10.3. The molecule has 2 aromatic carbocycles. The molecule has 42 heavy (non-hydrogen) atoms. The summed E-state index contributed by atoms with van der Waals surface area (Å²) in [6.45, 7) is -2.06. The van der Waals surface area contributed by atoms with E-state index in [0.717, 1.165) is 6.07 Å². The molecule has 0 aliphatic carbocycles. The van der Waals surface area contributed by atoms with Crippen LogP contribution in [0, 0.1) is 0 Å². The Kier molecular flexibility index (Phi) is 8.48. The van der Waals surface area contributed by atoms with Crippen LogP contribution in [0.1, 0.15) is 28.4 Å². The van der Waals surface area contributed by atoms with Gasteiger partial charge in [-0.05, 0) is 17.7 Å². The average molecular weight is 597 g/mol. The fourth-order valence-electron chi connectivity index (χ4n) is 5.06. The number of ketones is 1. The topological polar surface area (TPSA) is 234 Å². The molecule has 2 fully saturated rings. The molecule has 5 rings (SSSR count). The number of phenolic OH excluding ortho intramolecular Hbond substituents is 2. The van der Waals surface area contributed by atoms with Gasteiger partial charge in [0.25, 0.3) is 0 Å². The Morgan fingerprint density at radius 2 is 1.79 bits per heavy atom. The van der Waals surface area contributed by atoms with Crippen molar-refractivity contribution in [1.82, 2.24) is 0 Å². The monoisotopic (exact) mass is 596 g/mol. The number of phenols is 2. The number of rotatable bonds is 8. The predicted octanol–water partition coefficient (Wildman–Crippen LogP) is -1.54. The highest BCUT2D eigenvalue weighted by Gasteiger charge is 2.53. The van der Waals surface area contributed by atoms with E-state index in [4.69, 9.17) is 28.4 Å².